The molecular weight excluding hydrogens is 253 g/mol. The first-order valence-electron chi connectivity index (χ1n) is 5.98. The van der Waals surface area contributed by atoms with Gasteiger partial charge < -0.3 is 10.0 Å². The summed E-state index contributed by atoms with van der Waals surface area (Å²) in [6, 6.07) is 2.53. The van der Waals surface area contributed by atoms with E-state index in [2.05, 4.69) is 5.10 Å². The molecule has 0 radical (unpaired) electrons. The Morgan fingerprint density at radius 1 is 1.16 bits per heavy atom. The fourth-order valence-corrected chi connectivity index (χ4v) is 2.46. The van der Waals surface area contributed by atoms with Crippen LogP contribution in [0, 0.1) is 11.6 Å². The molecule has 1 aliphatic rings. The Hall–Kier alpha value is -1.73. The summed E-state index contributed by atoms with van der Waals surface area (Å²) >= 11 is 0. The minimum absolute atomic E-state index is 0.102. The molecule has 0 atom stereocenters. The number of nitrogens with zero attached hydrogens (tertiary/aromatic N) is 2. The monoisotopic (exact) mass is 264 g/mol. The van der Waals surface area contributed by atoms with Crippen molar-refractivity contribution >= 4 is 12.6 Å². The van der Waals surface area contributed by atoms with Crippen molar-refractivity contribution in [2.75, 3.05) is 0 Å². The number of aryl methyl sites for hydroxylation is 1. The van der Waals surface area contributed by atoms with Crippen LogP contribution >= 0.6 is 0 Å². The summed E-state index contributed by atoms with van der Waals surface area (Å²) in [7, 11) is -2.03. The van der Waals surface area contributed by atoms with Gasteiger partial charge in [0.25, 0.3) is 0 Å². The zero-order valence-corrected chi connectivity index (χ0v) is 9.98. The second-order valence-electron chi connectivity index (χ2n) is 4.54. The van der Waals surface area contributed by atoms with Crippen LogP contribution in [0.3, 0.4) is 0 Å². The summed E-state index contributed by atoms with van der Waals surface area (Å²) in [5.74, 6) is -2.31. The highest BCUT2D eigenvalue weighted by atomic mass is 19.2. The van der Waals surface area contributed by atoms with Gasteiger partial charge in [-0.1, -0.05) is 12.1 Å². The van der Waals surface area contributed by atoms with Crippen LogP contribution in [0.1, 0.15) is 12.1 Å². The zero-order chi connectivity index (χ0) is 13.6. The van der Waals surface area contributed by atoms with E-state index in [0.717, 1.165) is 25.1 Å². The van der Waals surface area contributed by atoms with Crippen LogP contribution in [0.25, 0.3) is 11.1 Å². The van der Waals surface area contributed by atoms with Gasteiger partial charge in [-0.2, -0.15) is 5.10 Å². The van der Waals surface area contributed by atoms with E-state index in [-0.39, 0.29) is 5.56 Å². The number of hydrogen-bond acceptors (Lipinski definition) is 3. The molecule has 0 aliphatic carbocycles. The van der Waals surface area contributed by atoms with Crippen LogP contribution in [-0.4, -0.2) is 26.9 Å². The van der Waals surface area contributed by atoms with Crippen LogP contribution in [0.5, 0.6) is 0 Å². The van der Waals surface area contributed by atoms with E-state index in [4.69, 9.17) is 10.0 Å². The van der Waals surface area contributed by atoms with Crippen LogP contribution < -0.4 is 5.46 Å². The summed E-state index contributed by atoms with van der Waals surface area (Å²) in [5, 5.41) is 22.0. The maximum Gasteiger partial charge on any atom is 0.491 e. The zero-order valence-electron chi connectivity index (χ0n) is 9.98. The molecule has 0 unspecified atom stereocenters. The van der Waals surface area contributed by atoms with Gasteiger partial charge in [0.1, 0.15) is 0 Å². The molecule has 2 N–H and O–H groups in total. The highest BCUT2D eigenvalue weighted by Gasteiger charge is 2.25. The van der Waals surface area contributed by atoms with Gasteiger partial charge in [-0.05, 0) is 12.8 Å². The van der Waals surface area contributed by atoms with Crippen LogP contribution in [-0.2, 0) is 13.0 Å². The third-order valence-corrected chi connectivity index (χ3v) is 3.41. The summed E-state index contributed by atoms with van der Waals surface area (Å²) in [6.07, 6.45) is 3.23. The molecule has 3 rings (SSSR count). The Labute approximate surface area is 108 Å². The number of benzene rings is 1. The first-order valence-corrected chi connectivity index (χ1v) is 5.98. The van der Waals surface area contributed by atoms with Gasteiger partial charge in [0.2, 0.25) is 0 Å². The molecule has 0 saturated carbocycles. The topological polar surface area (TPSA) is 58.3 Å². The van der Waals surface area contributed by atoms with Crippen molar-refractivity contribution in [3.63, 3.8) is 0 Å². The second kappa shape index (κ2) is 4.43. The Morgan fingerprint density at radius 3 is 2.68 bits per heavy atom. The van der Waals surface area contributed by atoms with Crippen molar-refractivity contribution in [2.24, 2.45) is 0 Å². The molecule has 7 heteroatoms. The number of rotatable bonds is 2. The van der Waals surface area contributed by atoms with Crippen molar-refractivity contribution in [3.05, 3.63) is 35.7 Å². The van der Waals surface area contributed by atoms with E-state index >= 15 is 0 Å². The maximum atomic E-state index is 14.0. The third-order valence-electron chi connectivity index (χ3n) is 3.41. The SMILES string of the molecule is OB(O)c1ccc(-c2cnn3c2CCC3)c(F)c1F. The van der Waals surface area contributed by atoms with Gasteiger partial charge in [-0.15, -0.1) is 0 Å². The minimum Gasteiger partial charge on any atom is -0.423 e. The lowest BCUT2D eigenvalue weighted by atomic mass is 9.79. The number of fused-ring (bicyclic) bond motifs is 1. The Kier molecular flexibility index (Phi) is 2.87. The average molecular weight is 264 g/mol. The molecule has 0 saturated heterocycles. The summed E-state index contributed by atoms with van der Waals surface area (Å²) in [4.78, 5) is 0. The average Bonchev–Trinajstić information content (AvgIpc) is 2.95. The Balaban J connectivity index is 2.13. The first-order chi connectivity index (χ1) is 9.09. The molecule has 0 spiro atoms. The molecule has 98 valence electrons. The van der Waals surface area contributed by atoms with Gasteiger partial charge in [0.05, 0.1) is 6.20 Å². The first kappa shape index (κ1) is 12.3. The van der Waals surface area contributed by atoms with E-state index in [1.165, 1.54) is 18.3 Å². The fraction of sp³-hybridized carbons (Fsp3) is 0.250. The smallest absolute Gasteiger partial charge is 0.423 e. The van der Waals surface area contributed by atoms with Gasteiger partial charge in [-0.3, -0.25) is 4.68 Å². The molecule has 2 heterocycles. The Morgan fingerprint density at radius 2 is 1.95 bits per heavy atom. The maximum absolute atomic E-state index is 14.0. The second-order valence-corrected chi connectivity index (χ2v) is 4.54. The predicted octanol–water partition coefficient (Wildman–Crippen LogP) is 0.454. The van der Waals surface area contributed by atoms with E-state index in [1.54, 1.807) is 4.68 Å². The van der Waals surface area contributed by atoms with Crippen molar-refractivity contribution in [1.82, 2.24) is 9.78 Å². The van der Waals surface area contributed by atoms with Gasteiger partial charge in [0, 0.05) is 28.8 Å². The molecule has 19 heavy (non-hydrogen) atoms. The van der Waals surface area contributed by atoms with Crippen molar-refractivity contribution in [3.8, 4) is 11.1 Å². The van der Waals surface area contributed by atoms with Crippen molar-refractivity contribution in [1.29, 1.82) is 0 Å². The normalized spacial score (nSPS) is 13.7. The standard InChI is InChI=1S/C12H11BF2N2O2/c14-11-7(3-4-9(12(11)15)13(18)19)8-6-16-17-5-1-2-10(8)17/h3-4,6,18-19H,1-2,5H2. The Bertz CT molecular complexity index is 643. The summed E-state index contributed by atoms with van der Waals surface area (Å²) < 4.78 is 29.5. The van der Waals surface area contributed by atoms with Crippen LogP contribution in [0.4, 0.5) is 8.78 Å². The largest absolute Gasteiger partial charge is 0.491 e. The van der Waals surface area contributed by atoms with E-state index in [0.29, 0.717) is 5.56 Å². The number of hydrogen-bond donors (Lipinski definition) is 2. The third kappa shape index (κ3) is 1.86. The number of halogens is 2. The van der Waals surface area contributed by atoms with Crippen LogP contribution in [0.15, 0.2) is 18.3 Å². The van der Waals surface area contributed by atoms with Gasteiger partial charge >= 0.3 is 7.12 Å². The minimum atomic E-state index is -2.03. The molecule has 1 aliphatic heterocycles. The lowest BCUT2D eigenvalue weighted by Crippen LogP contribution is -2.33. The lowest BCUT2D eigenvalue weighted by Gasteiger charge is -2.07. The van der Waals surface area contributed by atoms with E-state index < -0.39 is 24.2 Å². The summed E-state index contributed by atoms with van der Waals surface area (Å²) in [5.41, 5.74) is 1.08. The fourth-order valence-electron chi connectivity index (χ4n) is 2.46. The molecule has 2 aromatic rings. The van der Waals surface area contributed by atoms with E-state index in [1.807, 2.05) is 0 Å². The lowest BCUT2D eigenvalue weighted by molar-refractivity contribution is 0.420. The predicted molar refractivity (Wildman–Crippen MR) is 65.7 cm³/mol. The van der Waals surface area contributed by atoms with Gasteiger partial charge in [-0.25, -0.2) is 8.78 Å². The molecule has 4 nitrogen and oxygen atoms in total. The number of aromatic nitrogens is 2. The van der Waals surface area contributed by atoms with Crippen molar-refractivity contribution < 1.29 is 18.8 Å². The summed E-state index contributed by atoms with van der Waals surface area (Å²) in [6.45, 7) is 0.785. The molecule has 1 aromatic carbocycles. The van der Waals surface area contributed by atoms with Crippen LogP contribution in [0.2, 0.25) is 0 Å². The highest BCUT2D eigenvalue weighted by Crippen LogP contribution is 2.30. The quantitative estimate of drug-likeness (QED) is 0.774. The molecular formula is C12H11BF2N2O2. The molecule has 0 bridgehead atoms. The van der Waals surface area contributed by atoms with E-state index in [9.17, 15) is 8.78 Å². The van der Waals surface area contributed by atoms with Gasteiger partial charge in [0.15, 0.2) is 11.6 Å². The highest BCUT2D eigenvalue weighted by molar-refractivity contribution is 6.58. The molecule has 1 aromatic heterocycles. The molecule has 0 amide bonds. The van der Waals surface area contributed by atoms with Crippen molar-refractivity contribution in [2.45, 2.75) is 19.4 Å². The molecule has 0 fully saturated rings.